The van der Waals surface area contributed by atoms with E-state index < -0.39 is 18.6 Å². The van der Waals surface area contributed by atoms with Gasteiger partial charge in [0.15, 0.2) is 5.11 Å². The Balaban J connectivity index is 2.66. The standard InChI is InChI=1S/C12H16N2O4S/c1-17-10-6-4-3-5-8(10)13-12(19)14-9(7-15)11(16)18-2/h3-6,9,15H,7H2,1-2H3,(H2,13,14,19). The van der Waals surface area contributed by atoms with Crippen LogP contribution in [0.5, 0.6) is 5.75 Å². The molecule has 0 heterocycles. The number of thiocarbonyl (C=S) groups is 1. The summed E-state index contributed by atoms with van der Waals surface area (Å²) in [5.41, 5.74) is 0.657. The van der Waals surface area contributed by atoms with Gasteiger partial charge in [-0.2, -0.15) is 0 Å². The van der Waals surface area contributed by atoms with Crippen LogP contribution in [0.3, 0.4) is 0 Å². The molecule has 1 aromatic carbocycles. The number of hydrogen-bond donors (Lipinski definition) is 3. The number of rotatable bonds is 5. The fraction of sp³-hybridized carbons (Fsp3) is 0.333. The molecule has 0 amide bonds. The van der Waals surface area contributed by atoms with Crippen LogP contribution in [0.15, 0.2) is 24.3 Å². The van der Waals surface area contributed by atoms with Gasteiger partial charge in [-0.15, -0.1) is 0 Å². The molecular formula is C12H16N2O4S. The highest BCUT2D eigenvalue weighted by Crippen LogP contribution is 2.22. The predicted octanol–water partition coefficient (Wildman–Crippen LogP) is 0.515. The molecule has 3 N–H and O–H groups in total. The molecule has 0 aliphatic rings. The normalized spacial score (nSPS) is 11.3. The number of aliphatic hydroxyl groups is 1. The molecule has 0 fully saturated rings. The van der Waals surface area contributed by atoms with Crippen LogP contribution >= 0.6 is 12.2 Å². The first kappa shape index (κ1) is 15.2. The number of benzene rings is 1. The summed E-state index contributed by atoms with van der Waals surface area (Å²) in [4.78, 5) is 11.3. The molecule has 1 aromatic rings. The second-order valence-corrected chi connectivity index (χ2v) is 3.97. The van der Waals surface area contributed by atoms with Gasteiger partial charge in [-0.3, -0.25) is 0 Å². The fourth-order valence-electron chi connectivity index (χ4n) is 1.39. The summed E-state index contributed by atoms with van der Waals surface area (Å²) in [6.07, 6.45) is 0. The zero-order chi connectivity index (χ0) is 14.3. The second-order valence-electron chi connectivity index (χ2n) is 3.56. The van der Waals surface area contributed by atoms with Crippen LogP contribution in [0, 0.1) is 0 Å². The smallest absolute Gasteiger partial charge is 0.330 e. The van der Waals surface area contributed by atoms with Gasteiger partial charge in [0, 0.05) is 0 Å². The van der Waals surface area contributed by atoms with Gasteiger partial charge in [-0.25, -0.2) is 4.79 Å². The van der Waals surface area contributed by atoms with Crippen molar-refractivity contribution in [2.45, 2.75) is 6.04 Å². The highest BCUT2D eigenvalue weighted by Gasteiger charge is 2.19. The van der Waals surface area contributed by atoms with E-state index in [0.717, 1.165) is 0 Å². The Bertz CT molecular complexity index is 453. The summed E-state index contributed by atoms with van der Waals surface area (Å²) < 4.78 is 9.68. The van der Waals surface area contributed by atoms with Gasteiger partial charge in [-0.1, -0.05) is 12.1 Å². The highest BCUT2D eigenvalue weighted by atomic mass is 32.1. The van der Waals surface area contributed by atoms with Crippen LogP contribution < -0.4 is 15.4 Å². The van der Waals surface area contributed by atoms with E-state index in [-0.39, 0.29) is 5.11 Å². The zero-order valence-corrected chi connectivity index (χ0v) is 11.5. The SMILES string of the molecule is COC(=O)C(CO)NC(=S)Nc1ccccc1OC. The second kappa shape index (κ2) is 7.55. The van der Waals surface area contributed by atoms with Crippen LogP contribution in [-0.4, -0.2) is 43.1 Å². The van der Waals surface area contributed by atoms with E-state index in [0.29, 0.717) is 11.4 Å². The molecule has 0 radical (unpaired) electrons. The molecule has 6 nitrogen and oxygen atoms in total. The van der Waals surface area contributed by atoms with Crippen molar-refractivity contribution in [3.05, 3.63) is 24.3 Å². The first-order valence-corrected chi connectivity index (χ1v) is 5.92. The van der Waals surface area contributed by atoms with Crippen molar-refractivity contribution < 1.29 is 19.4 Å². The van der Waals surface area contributed by atoms with E-state index in [1.54, 1.807) is 19.2 Å². The molecular weight excluding hydrogens is 268 g/mol. The van der Waals surface area contributed by atoms with Gasteiger partial charge in [0.05, 0.1) is 26.5 Å². The van der Waals surface area contributed by atoms with E-state index >= 15 is 0 Å². The van der Waals surface area contributed by atoms with Gasteiger partial charge in [0.2, 0.25) is 0 Å². The maximum atomic E-state index is 11.3. The minimum Gasteiger partial charge on any atom is -0.495 e. The van der Waals surface area contributed by atoms with Gasteiger partial charge >= 0.3 is 5.97 Å². The van der Waals surface area contributed by atoms with Crippen molar-refractivity contribution >= 4 is 29.0 Å². The van der Waals surface area contributed by atoms with Crippen molar-refractivity contribution in [1.29, 1.82) is 0 Å². The Kier molecular flexibility index (Phi) is 6.04. The minimum atomic E-state index is -0.903. The summed E-state index contributed by atoms with van der Waals surface area (Å²) >= 11 is 5.06. The quantitative estimate of drug-likeness (QED) is 0.537. The predicted molar refractivity (Wildman–Crippen MR) is 75.2 cm³/mol. The van der Waals surface area contributed by atoms with Crippen molar-refractivity contribution in [2.75, 3.05) is 26.1 Å². The lowest BCUT2D eigenvalue weighted by atomic mass is 10.3. The fourth-order valence-corrected chi connectivity index (χ4v) is 1.64. The lowest BCUT2D eigenvalue weighted by molar-refractivity contribution is -0.143. The number of ether oxygens (including phenoxy) is 2. The maximum Gasteiger partial charge on any atom is 0.330 e. The Labute approximate surface area is 116 Å². The van der Waals surface area contributed by atoms with Crippen molar-refractivity contribution in [3.63, 3.8) is 0 Å². The minimum absolute atomic E-state index is 0.189. The number of nitrogens with one attached hydrogen (secondary N) is 2. The van der Waals surface area contributed by atoms with Crippen LogP contribution in [0.25, 0.3) is 0 Å². The Morgan fingerprint density at radius 3 is 2.68 bits per heavy atom. The molecule has 1 atom stereocenters. The number of carbonyl (C=O) groups is 1. The highest BCUT2D eigenvalue weighted by molar-refractivity contribution is 7.80. The average molecular weight is 284 g/mol. The van der Waals surface area contributed by atoms with E-state index in [1.165, 1.54) is 7.11 Å². The number of hydrogen-bond acceptors (Lipinski definition) is 5. The van der Waals surface area contributed by atoms with Gasteiger partial charge in [0.25, 0.3) is 0 Å². The van der Waals surface area contributed by atoms with Crippen molar-refractivity contribution in [1.82, 2.24) is 5.32 Å². The molecule has 104 valence electrons. The number of carbonyl (C=O) groups excluding carboxylic acids is 1. The number of para-hydroxylation sites is 2. The van der Waals surface area contributed by atoms with E-state index in [2.05, 4.69) is 15.4 Å². The average Bonchev–Trinajstić information content (AvgIpc) is 2.44. The summed E-state index contributed by atoms with van der Waals surface area (Å²) in [5, 5.41) is 14.8. The van der Waals surface area contributed by atoms with E-state index in [4.69, 9.17) is 22.1 Å². The molecule has 0 saturated heterocycles. The van der Waals surface area contributed by atoms with Crippen molar-refractivity contribution in [2.24, 2.45) is 0 Å². The number of esters is 1. The zero-order valence-electron chi connectivity index (χ0n) is 10.7. The first-order valence-electron chi connectivity index (χ1n) is 5.51. The van der Waals surface area contributed by atoms with Gasteiger partial charge in [0.1, 0.15) is 11.8 Å². The third-order valence-electron chi connectivity index (χ3n) is 2.33. The molecule has 1 unspecified atom stereocenters. The number of anilines is 1. The van der Waals surface area contributed by atoms with E-state index in [9.17, 15) is 4.79 Å². The number of aliphatic hydroxyl groups excluding tert-OH is 1. The number of methoxy groups -OCH3 is 2. The third kappa shape index (κ3) is 4.38. The molecule has 0 spiro atoms. The van der Waals surface area contributed by atoms with Crippen molar-refractivity contribution in [3.8, 4) is 5.75 Å². The molecule has 7 heteroatoms. The third-order valence-corrected chi connectivity index (χ3v) is 2.55. The van der Waals surface area contributed by atoms with Crippen LogP contribution in [0.4, 0.5) is 5.69 Å². The summed E-state index contributed by atoms with van der Waals surface area (Å²) in [5.74, 6) is 0.0249. The Hall–Kier alpha value is -1.86. The summed E-state index contributed by atoms with van der Waals surface area (Å²) in [6, 6.07) is 6.29. The molecule has 0 saturated carbocycles. The summed E-state index contributed by atoms with van der Waals surface area (Å²) in [6.45, 7) is -0.416. The van der Waals surface area contributed by atoms with Crippen LogP contribution in [-0.2, 0) is 9.53 Å². The lowest BCUT2D eigenvalue weighted by Crippen LogP contribution is -2.45. The molecule has 0 aliphatic heterocycles. The largest absolute Gasteiger partial charge is 0.495 e. The lowest BCUT2D eigenvalue weighted by Gasteiger charge is -2.17. The van der Waals surface area contributed by atoms with Crippen LogP contribution in [0.2, 0.25) is 0 Å². The van der Waals surface area contributed by atoms with Gasteiger partial charge < -0.3 is 25.2 Å². The molecule has 0 bridgehead atoms. The maximum absolute atomic E-state index is 11.3. The molecule has 0 aliphatic carbocycles. The molecule has 0 aromatic heterocycles. The first-order chi connectivity index (χ1) is 9.12. The summed E-state index contributed by atoms with van der Waals surface area (Å²) in [7, 11) is 2.78. The molecule has 19 heavy (non-hydrogen) atoms. The van der Waals surface area contributed by atoms with Crippen LogP contribution in [0.1, 0.15) is 0 Å². The van der Waals surface area contributed by atoms with E-state index in [1.807, 2.05) is 12.1 Å². The Morgan fingerprint density at radius 2 is 2.11 bits per heavy atom. The monoisotopic (exact) mass is 284 g/mol. The molecule has 1 rings (SSSR count). The topological polar surface area (TPSA) is 79.8 Å². The Morgan fingerprint density at radius 1 is 1.42 bits per heavy atom. The van der Waals surface area contributed by atoms with Gasteiger partial charge in [-0.05, 0) is 24.4 Å².